The van der Waals surface area contributed by atoms with Gasteiger partial charge in [0, 0.05) is 38.7 Å². The Bertz CT molecular complexity index is 995. The Kier molecular flexibility index (Phi) is 6.45. The van der Waals surface area contributed by atoms with Crippen molar-refractivity contribution in [2.24, 2.45) is 0 Å². The standard InChI is InChI=1S/C28H42N2O2Si/c1-17-11-13-29(27-23(7)21(5)19(3)15-25(17)27)33(31-9,32-10)30-14-12-18(2)26-16-20(4)22(6)24(8)28(26)30/h15-18H,11-14H2,1-10H3. The van der Waals surface area contributed by atoms with Crippen LogP contribution in [-0.2, 0) is 8.85 Å². The van der Waals surface area contributed by atoms with Gasteiger partial charge < -0.3 is 18.0 Å². The molecule has 2 unspecified atom stereocenters. The summed E-state index contributed by atoms with van der Waals surface area (Å²) in [5.74, 6) is 1.07. The third kappa shape index (κ3) is 3.55. The Morgan fingerprint density at radius 2 is 1.03 bits per heavy atom. The van der Waals surface area contributed by atoms with Crippen LogP contribution in [0.4, 0.5) is 11.4 Å². The summed E-state index contributed by atoms with van der Waals surface area (Å²) in [4.78, 5) is 0. The van der Waals surface area contributed by atoms with E-state index in [1.807, 2.05) is 14.2 Å². The first kappa shape index (κ1) is 24.3. The molecule has 0 amide bonds. The first-order chi connectivity index (χ1) is 15.6. The second-order valence-electron chi connectivity index (χ2n) is 10.4. The monoisotopic (exact) mass is 466 g/mol. The first-order valence-electron chi connectivity index (χ1n) is 12.5. The fraction of sp³-hybridized carbons (Fsp3) is 0.571. The molecule has 0 aliphatic carbocycles. The number of fused-ring (bicyclic) bond motifs is 2. The van der Waals surface area contributed by atoms with Crippen LogP contribution in [0.15, 0.2) is 12.1 Å². The van der Waals surface area contributed by atoms with Crippen molar-refractivity contribution in [2.75, 3.05) is 36.4 Å². The molecule has 0 N–H and O–H groups in total. The highest BCUT2D eigenvalue weighted by Gasteiger charge is 2.55. The molecular weight excluding hydrogens is 424 g/mol. The largest absolute Gasteiger partial charge is 0.588 e. The molecule has 0 spiro atoms. The average molecular weight is 467 g/mol. The molecule has 4 nitrogen and oxygen atoms in total. The maximum absolute atomic E-state index is 6.57. The number of aryl methyl sites for hydroxylation is 2. The van der Waals surface area contributed by atoms with Gasteiger partial charge in [-0.2, -0.15) is 0 Å². The van der Waals surface area contributed by atoms with Gasteiger partial charge in [0.2, 0.25) is 0 Å². The summed E-state index contributed by atoms with van der Waals surface area (Å²) in [6, 6.07) is 4.81. The van der Waals surface area contributed by atoms with Gasteiger partial charge in [0.25, 0.3) is 0 Å². The van der Waals surface area contributed by atoms with E-state index in [0.29, 0.717) is 11.8 Å². The Hall–Kier alpha value is -1.82. The molecule has 5 heteroatoms. The van der Waals surface area contributed by atoms with Crippen molar-refractivity contribution in [3.8, 4) is 0 Å². The summed E-state index contributed by atoms with van der Waals surface area (Å²) in [7, 11) is 0.738. The fourth-order valence-electron chi connectivity index (χ4n) is 6.08. The van der Waals surface area contributed by atoms with Crippen molar-refractivity contribution in [1.82, 2.24) is 0 Å². The smallest absolute Gasteiger partial charge is 0.365 e. The van der Waals surface area contributed by atoms with Crippen LogP contribution in [0.5, 0.6) is 0 Å². The zero-order chi connectivity index (χ0) is 24.2. The molecule has 0 saturated heterocycles. The van der Waals surface area contributed by atoms with Crippen LogP contribution in [0.25, 0.3) is 0 Å². The van der Waals surface area contributed by atoms with Crippen molar-refractivity contribution in [2.45, 2.75) is 80.1 Å². The van der Waals surface area contributed by atoms with E-state index >= 15 is 0 Å². The molecule has 2 aliphatic heterocycles. The molecule has 180 valence electrons. The first-order valence-corrected chi connectivity index (χ1v) is 14.2. The van der Waals surface area contributed by atoms with Crippen molar-refractivity contribution in [3.63, 3.8) is 0 Å². The number of rotatable bonds is 4. The molecule has 2 atom stereocenters. The van der Waals surface area contributed by atoms with E-state index in [0.717, 1.165) is 25.9 Å². The van der Waals surface area contributed by atoms with Gasteiger partial charge in [0.05, 0.1) is 0 Å². The minimum Gasteiger partial charge on any atom is -0.365 e. The number of hydrogen-bond donors (Lipinski definition) is 0. The minimum absolute atomic E-state index is 0.537. The Balaban J connectivity index is 1.97. The summed E-state index contributed by atoms with van der Waals surface area (Å²) in [5.41, 5.74) is 13.8. The number of hydrogen-bond acceptors (Lipinski definition) is 4. The predicted molar refractivity (Wildman–Crippen MR) is 142 cm³/mol. The van der Waals surface area contributed by atoms with E-state index in [4.69, 9.17) is 8.85 Å². The molecule has 0 bridgehead atoms. The molecule has 33 heavy (non-hydrogen) atoms. The lowest BCUT2D eigenvalue weighted by molar-refractivity contribution is 0.231. The molecule has 0 aromatic heterocycles. The second kappa shape index (κ2) is 8.75. The molecule has 0 radical (unpaired) electrons. The summed E-state index contributed by atoms with van der Waals surface area (Å²) in [5, 5.41) is 0. The zero-order valence-corrected chi connectivity index (χ0v) is 23.3. The molecule has 4 rings (SSSR count). The van der Waals surface area contributed by atoms with Gasteiger partial charge in [-0.15, -0.1) is 0 Å². The summed E-state index contributed by atoms with van der Waals surface area (Å²) in [6.07, 6.45) is 2.22. The van der Waals surface area contributed by atoms with Crippen molar-refractivity contribution >= 4 is 20.3 Å². The topological polar surface area (TPSA) is 24.9 Å². The third-order valence-corrected chi connectivity index (χ3v) is 12.0. The van der Waals surface area contributed by atoms with Crippen LogP contribution in [0, 0.1) is 41.5 Å². The second-order valence-corrected chi connectivity index (χ2v) is 13.4. The number of nitrogens with zero attached hydrogens (tertiary/aromatic N) is 2. The minimum atomic E-state index is -2.98. The summed E-state index contributed by atoms with van der Waals surface area (Å²) >= 11 is 0. The van der Waals surface area contributed by atoms with Crippen LogP contribution in [0.2, 0.25) is 0 Å². The van der Waals surface area contributed by atoms with Crippen LogP contribution in [-0.4, -0.2) is 36.2 Å². The average Bonchev–Trinajstić information content (AvgIpc) is 2.80. The highest BCUT2D eigenvalue weighted by Crippen LogP contribution is 2.47. The summed E-state index contributed by atoms with van der Waals surface area (Å²) in [6.45, 7) is 20.2. The van der Waals surface area contributed by atoms with Crippen molar-refractivity contribution in [1.29, 1.82) is 0 Å². The van der Waals surface area contributed by atoms with E-state index in [-0.39, 0.29) is 0 Å². The number of benzene rings is 2. The van der Waals surface area contributed by atoms with E-state index in [9.17, 15) is 0 Å². The molecule has 0 fully saturated rings. The van der Waals surface area contributed by atoms with E-state index in [1.54, 1.807) is 0 Å². The van der Waals surface area contributed by atoms with E-state index < -0.39 is 8.88 Å². The molecular formula is C28H42N2O2Si. The predicted octanol–water partition coefficient (Wildman–Crippen LogP) is 6.59. The summed E-state index contributed by atoms with van der Waals surface area (Å²) < 4.78 is 18.2. The normalized spacial score (nSPS) is 20.7. The highest BCUT2D eigenvalue weighted by molar-refractivity contribution is 6.75. The zero-order valence-electron chi connectivity index (χ0n) is 22.3. The van der Waals surface area contributed by atoms with Gasteiger partial charge in [0.1, 0.15) is 0 Å². The fourth-order valence-corrected chi connectivity index (χ4v) is 9.40. The maximum Gasteiger partial charge on any atom is 0.588 e. The highest BCUT2D eigenvalue weighted by atomic mass is 28.4. The molecule has 0 saturated carbocycles. The van der Waals surface area contributed by atoms with Crippen molar-refractivity contribution < 1.29 is 8.85 Å². The Morgan fingerprint density at radius 3 is 1.36 bits per heavy atom. The molecule has 2 aromatic rings. The lowest BCUT2D eigenvalue weighted by Gasteiger charge is -2.51. The lowest BCUT2D eigenvalue weighted by Crippen LogP contribution is -2.72. The van der Waals surface area contributed by atoms with E-state index in [2.05, 4.69) is 76.7 Å². The number of anilines is 2. The molecule has 2 heterocycles. The Morgan fingerprint density at radius 1 is 0.667 bits per heavy atom. The van der Waals surface area contributed by atoms with Gasteiger partial charge in [-0.05, 0) is 111 Å². The van der Waals surface area contributed by atoms with Crippen LogP contribution in [0.1, 0.15) is 83.0 Å². The van der Waals surface area contributed by atoms with Crippen LogP contribution in [0.3, 0.4) is 0 Å². The van der Waals surface area contributed by atoms with Gasteiger partial charge >= 0.3 is 8.88 Å². The van der Waals surface area contributed by atoms with Gasteiger partial charge in [-0.1, -0.05) is 26.0 Å². The third-order valence-electron chi connectivity index (χ3n) is 8.70. The quantitative estimate of drug-likeness (QED) is 0.474. The van der Waals surface area contributed by atoms with Gasteiger partial charge in [-0.3, -0.25) is 0 Å². The van der Waals surface area contributed by atoms with E-state index in [1.165, 1.54) is 55.9 Å². The lowest BCUT2D eigenvalue weighted by atomic mass is 9.87. The van der Waals surface area contributed by atoms with Crippen LogP contribution >= 0.6 is 0 Å². The van der Waals surface area contributed by atoms with Gasteiger partial charge in [-0.25, -0.2) is 0 Å². The SMILES string of the molecule is CO[Si](OC)(N1CCC(C)c2cc(C)c(C)c(C)c21)N1CCC(C)c2cc(C)c(C)c(C)c21. The van der Waals surface area contributed by atoms with Gasteiger partial charge in [0.15, 0.2) is 0 Å². The van der Waals surface area contributed by atoms with Crippen LogP contribution < -0.4 is 9.13 Å². The Labute approximate surface area is 202 Å². The molecule has 2 aliphatic rings. The molecule has 2 aromatic carbocycles. The van der Waals surface area contributed by atoms with Crippen molar-refractivity contribution in [3.05, 3.63) is 56.6 Å². The maximum atomic E-state index is 6.57.